The zero-order chi connectivity index (χ0) is 20.8. The molecule has 3 fully saturated rings. The molecule has 166 valence electrons. The third kappa shape index (κ3) is 6.17. The Kier molecular flexibility index (Phi) is 8.36. The number of rotatable bonds is 8. The molecule has 2 amide bonds. The highest BCUT2D eigenvalue weighted by atomic mass is 16.2. The molecule has 3 aliphatic heterocycles. The van der Waals surface area contributed by atoms with Crippen LogP contribution in [0.2, 0.25) is 0 Å². The minimum atomic E-state index is 0.240. The number of likely N-dealkylation sites (tertiary alicyclic amines) is 3. The molecule has 1 N–H and O–H groups in total. The maximum atomic E-state index is 12.8. The molecule has 0 radical (unpaired) electrons. The first-order valence-corrected chi connectivity index (χ1v) is 12.0. The Labute approximate surface area is 177 Å². The SMILES string of the molecule is CCNCC(=O)N1CCC(C2CCN(C(=O)C3CN(CCC(C)C)C3)CC2)CC1. The molecule has 0 atom stereocenters. The van der Waals surface area contributed by atoms with Crippen LogP contribution in [-0.2, 0) is 9.59 Å². The van der Waals surface area contributed by atoms with Gasteiger partial charge in [0.2, 0.25) is 11.8 Å². The maximum absolute atomic E-state index is 12.8. The molecule has 0 aromatic carbocycles. The lowest BCUT2D eigenvalue weighted by Crippen LogP contribution is -2.56. The summed E-state index contributed by atoms with van der Waals surface area (Å²) >= 11 is 0. The van der Waals surface area contributed by atoms with Crippen LogP contribution in [0.1, 0.15) is 52.9 Å². The molecular weight excluding hydrogens is 364 g/mol. The van der Waals surface area contributed by atoms with Crippen molar-refractivity contribution in [2.24, 2.45) is 23.7 Å². The number of hydrogen-bond donors (Lipinski definition) is 1. The van der Waals surface area contributed by atoms with E-state index >= 15 is 0 Å². The Balaban J connectivity index is 1.33. The lowest BCUT2D eigenvalue weighted by molar-refractivity contribution is -0.143. The van der Waals surface area contributed by atoms with Crippen molar-refractivity contribution in [3.05, 3.63) is 0 Å². The van der Waals surface area contributed by atoms with E-state index in [-0.39, 0.29) is 11.8 Å². The van der Waals surface area contributed by atoms with E-state index in [9.17, 15) is 9.59 Å². The molecule has 6 nitrogen and oxygen atoms in total. The van der Waals surface area contributed by atoms with Gasteiger partial charge >= 0.3 is 0 Å². The van der Waals surface area contributed by atoms with Crippen molar-refractivity contribution >= 4 is 11.8 Å². The highest BCUT2D eigenvalue weighted by Gasteiger charge is 2.37. The van der Waals surface area contributed by atoms with Crippen molar-refractivity contribution in [1.82, 2.24) is 20.0 Å². The van der Waals surface area contributed by atoms with Crippen molar-refractivity contribution in [2.45, 2.75) is 52.9 Å². The molecule has 29 heavy (non-hydrogen) atoms. The standard InChI is InChI=1S/C23H42N4O2/c1-4-24-15-22(28)26-11-6-19(7-12-26)20-8-13-27(14-9-20)23(29)21-16-25(17-21)10-5-18(2)3/h18-21,24H,4-17H2,1-3H3. The third-order valence-electron chi connectivity index (χ3n) is 7.27. The molecule has 0 saturated carbocycles. The average molecular weight is 407 g/mol. The molecule has 6 heteroatoms. The van der Waals surface area contributed by atoms with Gasteiger partial charge in [0.05, 0.1) is 12.5 Å². The van der Waals surface area contributed by atoms with Crippen LogP contribution in [0.4, 0.5) is 0 Å². The van der Waals surface area contributed by atoms with Crippen LogP contribution in [0.25, 0.3) is 0 Å². The van der Waals surface area contributed by atoms with Crippen LogP contribution in [0.5, 0.6) is 0 Å². The van der Waals surface area contributed by atoms with Crippen LogP contribution in [0.15, 0.2) is 0 Å². The Hall–Kier alpha value is -1.14. The summed E-state index contributed by atoms with van der Waals surface area (Å²) in [6, 6.07) is 0. The van der Waals surface area contributed by atoms with Gasteiger partial charge in [0.25, 0.3) is 0 Å². The Morgan fingerprint density at radius 3 is 2.00 bits per heavy atom. The highest BCUT2D eigenvalue weighted by molar-refractivity contribution is 5.80. The fraction of sp³-hybridized carbons (Fsp3) is 0.913. The molecule has 0 aliphatic carbocycles. The van der Waals surface area contributed by atoms with E-state index in [1.165, 1.54) is 6.42 Å². The third-order valence-corrected chi connectivity index (χ3v) is 7.27. The molecule has 3 heterocycles. The molecule has 0 bridgehead atoms. The molecule has 3 rings (SSSR count). The van der Waals surface area contributed by atoms with E-state index in [2.05, 4.69) is 29.0 Å². The summed E-state index contributed by atoms with van der Waals surface area (Å²) in [6.45, 7) is 14.6. The predicted octanol–water partition coefficient (Wildman–Crippen LogP) is 2.05. The van der Waals surface area contributed by atoms with Crippen LogP contribution >= 0.6 is 0 Å². The second kappa shape index (κ2) is 10.8. The summed E-state index contributed by atoms with van der Waals surface area (Å²) in [4.78, 5) is 31.6. The van der Waals surface area contributed by atoms with E-state index in [0.717, 1.165) is 95.8 Å². The smallest absolute Gasteiger partial charge is 0.236 e. The van der Waals surface area contributed by atoms with Crippen LogP contribution < -0.4 is 5.32 Å². The first kappa shape index (κ1) is 22.5. The van der Waals surface area contributed by atoms with Crippen LogP contribution in [0.3, 0.4) is 0 Å². The van der Waals surface area contributed by atoms with Crippen molar-refractivity contribution in [3.63, 3.8) is 0 Å². The van der Waals surface area contributed by atoms with Gasteiger partial charge in [-0.15, -0.1) is 0 Å². The van der Waals surface area contributed by atoms with Crippen LogP contribution in [-0.4, -0.2) is 85.4 Å². The lowest BCUT2D eigenvalue weighted by atomic mass is 9.78. The zero-order valence-electron chi connectivity index (χ0n) is 18.9. The van der Waals surface area contributed by atoms with Gasteiger partial charge in [0, 0.05) is 39.3 Å². The van der Waals surface area contributed by atoms with E-state index in [0.29, 0.717) is 12.5 Å². The largest absolute Gasteiger partial charge is 0.342 e. The van der Waals surface area contributed by atoms with Gasteiger partial charge in [-0.2, -0.15) is 0 Å². The number of carbonyl (C=O) groups excluding carboxylic acids is 2. The zero-order valence-corrected chi connectivity index (χ0v) is 18.9. The number of nitrogens with one attached hydrogen (secondary N) is 1. The molecule has 0 spiro atoms. The van der Waals surface area contributed by atoms with Gasteiger partial charge in [-0.1, -0.05) is 20.8 Å². The molecule has 0 aromatic heterocycles. The fourth-order valence-electron chi connectivity index (χ4n) is 5.16. The summed E-state index contributed by atoms with van der Waals surface area (Å²) in [5.74, 6) is 3.08. The van der Waals surface area contributed by atoms with Crippen molar-refractivity contribution < 1.29 is 9.59 Å². The second-order valence-corrected chi connectivity index (χ2v) is 9.80. The number of likely N-dealkylation sites (N-methyl/N-ethyl adjacent to an activating group) is 1. The summed E-state index contributed by atoms with van der Waals surface area (Å²) in [6.07, 6.45) is 5.77. The number of nitrogens with zero attached hydrogens (tertiary/aromatic N) is 3. The van der Waals surface area contributed by atoms with E-state index in [1.807, 2.05) is 11.8 Å². The van der Waals surface area contributed by atoms with Gasteiger partial charge < -0.3 is 20.0 Å². The van der Waals surface area contributed by atoms with Crippen molar-refractivity contribution in [1.29, 1.82) is 0 Å². The summed E-state index contributed by atoms with van der Waals surface area (Å²) < 4.78 is 0. The number of hydrogen-bond acceptors (Lipinski definition) is 4. The summed E-state index contributed by atoms with van der Waals surface area (Å²) in [7, 11) is 0. The van der Waals surface area contributed by atoms with E-state index in [4.69, 9.17) is 0 Å². The number of amides is 2. The molecule has 3 saturated heterocycles. The van der Waals surface area contributed by atoms with Gasteiger partial charge in [0.1, 0.15) is 0 Å². The molecule has 0 unspecified atom stereocenters. The van der Waals surface area contributed by atoms with Gasteiger partial charge in [-0.05, 0) is 62.9 Å². The van der Waals surface area contributed by atoms with E-state index in [1.54, 1.807) is 0 Å². The molecular formula is C23H42N4O2. The average Bonchev–Trinajstić information content (AvgIpc) is 2.70. The Morgan fingerprint density at radius 2 is 1.48 bits per heavy atom. The molecule has 3 aliphatic rings. The molecule has 0 aromatic rings. The minimum Gasteiger partial charge on any atom is -0.342 e. The highest BCUT2D eigenvalue weighted by Crippen LogP contribution is 2.33. The van der Waals surface area contributed by atoms with Gasteiger partial charge in [0.15, 0.2) is 0 Å². The fourth-order valence-corrected chi connectivity index (χ4v) is 5.16. The monoisotopic (exact) mass is 406 g/mol. The first-order chi connectivity index (χ1) is 14.0. The van der Waals surface area contributed by atoms with Crippen LogP contribution in [0, 0.1) is 23.7 Å². The summed E-state index contributed by atoms with van der Waals surface area (Å²) in [5, 5.41) is 3.14. The number of carbonyl (C=O) groups is 2. The second-order valence-electron chi connectivity index (χ2n) is 9.80. The Morgan fingerprint density at radius 1 is 0.931 bits per heavy atom. The summed E-state index contributed by atoms with van der Waals surface area (Å²) in [5.41, 5.74) is 0. The lowest BCUT2D eigenvalue weighted by Gasteiger charge is -2.44. The minimum absolute atomic E-state index is 0.240. The van der Waals surface area contributed by atoms with Crippen molar-refractivity contribution in [3.8, 4) is 0 Å². The quantitative estimate of drug-likeness (QED) is 0.670. The normalized spacial score (nSPS) is 22.9. The van der Waals surface area contributed by atoms with E-state index < -0.39 is 0 Å². The topological polar surface area (TPSA) is 55.9 Å². The number of piperidine rings is 2. The van der Waals surface area contributed by atoms with Crippen molar-refractivity contribution in [2.75, 3.05) is 58.9 Å². The predicted molar refractivity (Wildman–Crippen MR) is 117 cm³/mol. The van der Waals surface area contributed by atoms with Gasteiger partial charge in [-0.25, -0.2) is 0 Å². The first-order valence-electron chi connectivity index (χ1n) is 12.0. The Bertz CT molecular complexity index is 531. The maximum Gasteiger partial charge on any atom is 0.236 e. The van der Waals surface area contributed by atoms with Gasteiger partial charge in [-0.3, -0.25) is 9.59 Å².